The van der Waals surface area contributed by atoms with E-state index in [1.807, 2.05) is 29.9 Å². The van der Waals surface area contributed by atoms with Crippen LogP contribution in [-0.2, 0) is 0 Å². The van der Waals surface area contributed by atoms with Crippen LogP contribution in [0.1, 0.15) is 33.6 Å². The quantitative estimate of drug-likeness (QED) is 0.0848. The standard InChI is InChI=1S/C10H12N2O2S2.C8H10N2O2.C4H9.CH3I.2Cs.Li/c1-3-11(10(15)16-2)8-4-6-9(7-5-8)12(13)14;1-2-9-7-3-5-8(6-4-7)10(11)12;1-3-4-2;1-2;;;/h4-7H,3H2,1-2H3;3-6,9H,2H2,1H3;1,3-4H2,2H3;1H3;;;/q;;-1;;;;+1. The number of nitrogens with zero attached hydrogens (tertiary/aromatic N) is 3. The maximum absolute atomic E-state index is 10.5. The predicted molar refractivity (Wildman–Crippen MR) is 171 cm³/mol. The van der Waals surface area contributed by atoms with Gasteiger partial charge >= 0.3 is 92.5 Å². The molecule has 0 heterocycles. The van der Waals surface area contributed by atoms with Crippen LogP contribution in [0.15, 0.2) is 48.5 Å². The van der Waals surface area contributed by atoms with E-state index in [1.165, 1.54) is 42.4 Å². The molecule has 8 nitrogen and oxygen atoms in total. The summed E-state index contributed by atoms with van der Waals surface area (Å²) in [5, 5.41) is 23.8. The molecule has 0 bridgehead atoms. The second kappa shape index (κ2) is 33.2. The first kappa shape index (κ1) is 46.7. The third kappa shape index (κ3) is 23.9. The second-order valence-corrected chi connectivity index (χ2v) is 7.62. The van der Waals surface area contributed by atoms with Gasteiger partial charge in [0.1, 0.15) is 4.32 Å². The smallest absolute Gasteiger partial charge is 1.00 e. The Labute approximate surface area is 311 Å². The van der Waals surface area contributed by atoms with Crippen molar-refractivity contribution in [1.82, 2.24) is 0 Å². The van der Waals surface area contributed by atoms with Crippen LogP contribution < -0.4 is 29.1 Å². The average molecular weight is 894 g/mol. The number of nitro benzene ring substituents is 2. The van der Waals surface area contributed by atoms with Gasteiger partial charge in [0, 0.05) is 48.7 Å². The van der Waals surface area contributed by atoms with Crippen LogP contribution >= 0.6 is 46.6 Å². The number of unbranched alkanes of at least 4 members (excludes halogenated alkanes) is 1. The molecule has 0 amide bonds. The van der Waals surface area contributed by atoms with Gasteiger partial charge < -0.3 is 17.1 Å². The molecule has 0 saturated carbocycles. The van der Waals surface area contributed by atoms with Crippen molar-refractivity contribution in [2.75, 3.05) is 34.5 Å². The van der Waals surface area contributed by atoms with Gasteiger partial charge in [-0.3, -0.25) is 20.2 Å². The fourth-order valence-electron chi connectivity index (χ4n) is 2.19. The van der Waals surface area contributed by atoms with Gasteiger partial charge in [0.15, 0.2) is 0 Å². The fraction of sp³-hybridized carbons (Fsp3) is 0.391. The summed E-state index contributed by atoms with van der Waals surface area (Å²) in [6.45, 7) is 11.3. The zero-order valence-corrected chi connectivity index (χ0v) is 39.7. The van der Waals surface area contributed by atoms with E-state index in [1.54, 1.807) is 24.3 Å². The van der Waals surface area contributed by atoms with Crippen molar-refractivity contribution in [3.05, 3.63) is 75.7 Å². The average Bonchev–Trinajstić information content (AvgIpc) is 2.92. The molecule has 0 aliphatic heterocycles. The van der Waals surface area contributed by atoms with Crippen molar-refractivity contribution in [1.29, 1.82) is 0 Å². The Balaban J connectivity index is -0.000000229. The molecule has 2 aromatic rings. The number of rotatable bonds is 7. The molecule has 0 aliphatic rings. The van der Waals surface area contributed by atoms with Gasteiger partial charge in [-0.05, 0) is 49.3 Å². The third-order valence-corrected chi connectivity index (χ3v) is 5.19. The Morgan fingerprint density at radius 3 is 1.65 bits per heavy atom. The normalized spacial score (nSPS) is 8.51. The van der Waals surface area contributed by atoms with Crippen LogP contribution in [0.5, 0.6) is 0 Å². The monoisotopic (exact) mass is 894 g/mol. The summed E-state index contributed by atoms with van der Waals surface area (Å²) in [5.41, 5.74) is 2.00. The van der Waals surface area contributed by atoms with Crippen LogP contribution in [-0.4, -0.2) is 112 Å². The van der Waals surface area contributed by atoms with E-state index in [2.05, 4.69) is 41.8 Å². The van der Waals surface area contributed by atoms with Crippen molar-refractivity contribution in [2.24, 2.45) is 0 Å². The van der Waals surface area contributed by atoms with E-state index >= 15 is 0 Å². The van der Waals surface area contributed by atoms with E-state index in [-0.39, 0.29) is 30.2 Å². The van der Waals surface area contributed by atoms with Crippen LogP contribution in [0.25, 0.3) is 0 Å². The second-order valence-electron chi connectivity index (χ2n) is 6.18. The zero-order chi connectivity index (χ0) is 28.5. The number of thioether (sulfide) groups is 1. The Kier molecular flexibility index (Phi) is 41.9. The molecule has 2 aromatic carbocycles. The van der Waals surface area contributed by atoms with Gasteiger partial charge in [-0.25, -0.2) is 0 Å². The molecule has 0 saturated heterocycles. The summed E-state index contributed by atoms with van der Waals surface area (Å²) in [6.07, 6.45) is 4.19. The maximum atomic E-state index is 10.5. The summed E-state index contributed by atoms with van der Waals surface area (Å²) in [6, 6.07) is 12.8. The molecule has 0 fully saturated rings. The van der Waals surface area contributed by atoms with Gasteiger partial charge in [0.25, 0.3) is 11.4 Å². The SMILES string of the molecule is CCN(C(=S)SC)c1ccc([N+](=O)[O-])cc1.CCNc1ccc([N+](=O)[O-])cc1.CI.[CH2-]CCC.[Cs][Cs].[Li+]. The molecule has 0 radical (unpaired) electrons. The summed E-state index contributed by atoms with van der Waals surface area (Å²) in [7, 11) is 0. The molecule has 37 heavy (non-hydrogen) atoms. The third-order valence-electron chi connectivity index (χ3n) is 3.90. The minimum Gasteiger partial charge on any atom is 1.00 e. The molecule has 2 rings (SSSR count). The van der Waals surface area contributed by atoms with Crippen LogP contribution in [0, 0.1) is 27.2 Å². The van der Waals surface area contributed by atoms with Crippen molar-refractivity contribution >= 4 is 147 Å². The van der Waals surface area contributed by atoms with E-state index in [0.29, 0.717) is 0 Å². The van der Waals surface area contributed by atoms with Crippen LogP contribution in [0.3, 0.4) is 0 Å². The van der Waals surface area contributed by atoms with Crippen LogP contribution in [0.4, 0.5) is 22.7 Å². The molecular formula is C23H34Cs2ILiN4O4S2. The van der Waals surface area contributed by atoms with Gasteiger partial charge in [0.05, 0.1) is 9.85 Å². The van der Waals surface area contributed by atoms with E-state index in [0.717, 1.165) is 109 Å². The van der Waals surface area contributed by atoms with Gasteiger partial charge in [-0.2, -0.15) is 6.42 Å². The van der Waals surface area contributed by atoms with Crippen molar-refractivity contribution < 1.29 is 28.7 Å². The van der Waals surface area contributed by atoms with Crippen LogP contribution in [0.2, 0.25) is 0 Å². The number of anilines is 2. The number of hydrogen-bond donors (Lipinski definition) is 1. The molecule has 0 unspecified atom stereocenters. The predicted octanol–water partition coefficient (Wildman–Crippen LogP) is 4.01. The van der Waals surface area contributed by atoms with Crippen molar-refractivity contribution in [2.45, 2.75) is 33.6 Å². The first-order chi connectivity index (χ1) is 17.2. The van der Waals surface area contributed by atoms with Gasteiger partial charge in [-0.1, -0.05) is 48.2 Å². The number of nitrogens with one attached hydrogen (secondary N) is 1. The van der Waals surface area contributed by atoms with Crippen molar-refractivity contribution in [3.63, 3.8) is 0 Å². The van der Waals surface area contributed by atoms with Gasteiger partial charge in [-0.15, -0.1) is 11.8 Å². The minimum absolute atomic E-state index is 0. The number of non-ortho nitro benzene ring substituents is 2. The Morgan fingerprint density at radius 1 is 1.00 bits per heavy atom. The number of alkyl halides is 1. The molecule has 0 spiro atoms. The summed E-state index contributed by atoms with van der Waals surface area (Å²) in [4.78, 5) is 23.8. The Morgan fingerprint density at radius 2 is 1.38 bits per heavy atom. The first-order valence-corrected chi connectivity index (χ1v) is 67.3. The number of thiocarbonyl (C=S) groups is 1. The van der Waals surface area contributed by atoms with E-state index < -0.39 is 9.85 Å². The fourth-order valence-corrected chi connectivity index (χ4v) is 2.88. The molecule has 1 N–H and O–H groups in total. The number of benzene rings is 2. The van der Waals surface area contributed by atoms with Gasteiger partial charge in [0.2, 0.25) is 0 Å². The minimum atomic E-state index is -0.410. The molecular weight excluding hydrogens is 860 g/mol. The number of halogens is 1. The van der Waals surface area contributed by atoms with E-state index in [9.17, 15) is 20.2 Å². The molecule has 0 aromatic heterocycles. The van der Waals surface area contributed by atoms with Crippen molar-refractivity contribution in [3.8, 4) is 0 Å². The summed E-state index contributed by atoms with van der Waals surface area (Å²) < 4.78 is 0.761. The molecule has 14 heteroatoms. The molecule has 0 atom stereocenters. The number of hydrogen-bond acceptors (Lipinski definition) is 7. The van der Waals surface area contributed by atoms with E-state index in [4.69, 9.17) is 12.2 Å². The Hall–Kier alpha value is 2.71. The largest absolute Gasteiger partial charge is 1.00 e. The first-order valence-electron chi connectivity index (χ1n) is 11.5. The Bertz CT molecular complexity index is 854. The maximum Gasteiger partial charge on any atom is 1.00 e. The zero-order valence-electron chi connectivity index (χ0n) is 23.3. The summed E-state index contributed by atoms with van der Waals surface area (Å²) >= 11 is 11.1. The summed E-state index contributed by atoms with van der Waals surface area (Å²) in [5.74, 6) is 0. The number of nitro groups is 2. The molecule has 192 valence electrons. The topological polar surface area (TPSA) is 102 Å². The molecule has 0 aliphatic carbocycles.